The molecule has 0 aromatic rings. The van der Waals surface area contributed by atoms with Crippen molar-refractivity contribution in [2.24, 2.45) is 0 Å². The molecule has 1 atom stereocenters. The van der Waals surface area contributed by atoms with Crippen molar-refractivity contribution in [2.45, 2.75) is 25.8 Å². The molecule has 1 heterocycles. The Bertz CT molecular complexity index is 233. The number of carbonyl (C=O) groups excluding carboxylic acids is 2. The highest BCUT2D eigenvalue weighted by molar-refractivity contribution is 6.27. The minimum Gasteiger partial charge on any atom is -0.353 e. The molecule has 1 rings (SSSR count). The molecule has 4 nitrogen and oxygen atoms in total. The largest absolute Gasteiger partial charge is 0.353 e. The Morgan fingerprint density at radius 3 is 2.86 bits per heavy atom. The smallest absolute Gasteiger partial charge is 0.234 e. The summed E-state index contributed by atoms with van der Waals surface area (Å²) in [6.07, 6.45) is 1.98. The van der Waals surface area contributed by atoms with E-state index in [4.69, 9.17) is 11.6 Å². The van der Waals surface area contributed by atoms with Crippen LogP contribution in [0.2, 0.25) is 0 Å². The van der Waals surface area contributed by atoms with E-state index >= 15 is 0 Å². The fraction of sp³-hybridized carbons (Fsp3) is 0.778. The van der Waals surface area contributed by atoms with Gasteiger partial charge < -0.3 is 10.2 Å². The Labute approximate surface area is 88.6 Å². The molecule has 14 heavy (non-hydrogen) atoms. The highest BCUT2D eigenvalue weighted by Crippen LogP contribution is 2.16. The van der Waals surface area contributed by atoms with Gasteiger partial charge in [-0.15, -0.1) is 11.6 Å². The molecule has 0 aromatic heterocycles. The van der Waals surface area contributed by atoms with E-state index in [-0.39, 0.29) is 23.7 Å². The molecule has 1 aliphatic rings. The number of likely N-dealkylation sites (tertiary alicyclic amines) is 1. The maximum atomic E-state index is 11.2. The summed E-state index contributed by atoms with van der Waals surface area (Å²) in [6.45, 7) is 2.88. The minimum atomic E-state index is -0.179. The monoisotopic (exact) mass is 218 g/mol. The van der Waals surface area contributed by atoms with Crippen LogP contribution >= 0.6 is 11.6 Å². The Morgan fingerprint density at radius 1 is 1.57 bits per heavy atom. The number of alkyl halides is 1. The lowest BCUT2D eigenvalue weighted by molar-refractivity contribution is -0.130. The number of carbonyl (C=O) groups is 2. The maximum absolute atomic E-state index is 11.2. The molecule has 1 N–H and O–H groups in total. The number of nitrogens with zero attached hydrogens (tertiary/aromatic N) is 1. The average Bonchev–Trinajstić information content (AvgIpc) is 2.62. The van der Waals surface area contributed by atoms with Gasteiger partial charge in [0.2, 0.25) is 11.8 Å². The van der Waals surface area contributed by atoms with Crippen molar-refractivity contribution in [3.8, 4) is 0 Å². The highest BCUT2D eigenvalue weighted by Gasteiger charge is 2.26. The quantitative estimate of drug-likeness (QED) is 0.696. The zero-order valence-corrected chi connectivity index (χ0v) is 9.01. The number of rotatable bonds is 3. The van der Waals surface area contributed by atoms with Gasteiger partial charge in [0.1, 0.15) is 5.88 Å². The van der Waals surface area contributed by atoms with Crippen LogP contribution in [0.15, 0.2) is 0 Å². The van der Waals surface area contributed by atoms with Gasteiger partial charge in [0, 0.05) is 26.1 Å². The first-order valence-electron chi connectivity index (χ1n) is 4.75. The zero-order valence-electron chi connectivity index (χ0n) is 8.25. The van der Waals surface area contributed by atoms with Crippen molar-refractivity contribution in [3.05, 3.63) is 0 Å². The average molecular weight is 219 g/mol. The van der Waals surface area contributed by atoms with Crippen molar-refractivity contribution in [3.63, 3.8) is 0 Å². The standard InChI is InChI=1S/C9H15ClN2O2/c1-7(13)12-4-2-3-8(12)6-11-9(14)5-10/h8H,2-6H2,1H3,(H,11,14). The van der Waals surface area contributed by atoms with Crippen molar-refractivity contribution < 1.29 is 9.59 Å². The summed E-state index contributed by atoms with van der Waals surface area (Å²) in [5, 5.41) is 2.69. The van der Waals surface area contributed by atoms with Crippen LogP contribution < -0.4 is 5.32 Å². The van der Waals surface area contributed by atoms with E-state index < -0.39 is 0 Å². The maximum Gasteiger partial charge on any atom is 0.234 e. The van der Waals surface area contributed by atoms with Crippen LogP contribution in [-0.4, -0.2) is 41.7 Å². The van der Waals surface area contributed by atoms with E-state index in [0.29, 0.717) is 6.54 Å². The van der Waals surface area contributed by atoms with Crippen molar-refractivity contribution in [1.29, 1.82) is 0 Å². The second-order valence-corrected chi connectivity index (χ2v) is 3.71. The van der Waals surface area contributed by atoms with Gasteiger partial charge in [0.25, 0.3) is 0 Å². The second kappa shape index (κ2) is 5.20. The summed E-state index contributed by atoms with van der Waals surface area (Å²) in [7, 11) is 0. The molecule has 1 saturated heterocycles. The molecule has 80 valence electrons. The molecule has 0 saturated carbocycles. The summed E-state index contributed by atoms with van der Waals surface area (Å²) in [5.74, 6) is -0.123. The Kier molecular flexibility index (Phi) is 4.20. The molecule has 0 spiro atoms. The van der Waals surface area contributed by atoms with Gasteiger partial charge in [-0.3, -0.25) is 9.59 Å². The van der Waals surface area contributed by atoms with Gasteiger partial charge in [-0.05, 0) is 12.8 Å². The van der Waals surface area contributed by atoms with E-state index in [9.17, 15) is 9.59 Å². The van der Waals surface area contributed by atoms with Crippen molar-refractivity contribution in [1.82, 2.24) is 10.2 Å². The van der Waals surface area contributed by atoms with Crippen molar-refractivity contribution in [2.75, 3.05) is 19.0 Å². The number of nitrogens with one attached hydrogen (secondary N) is 1. The lowest BCUT2D eigenvalue weighted by atomic mass is 10.2. The molecule has 0 bridgehead atoms. The minimum absolute atomic E-state index is 0.0210. The van der Waals surface area contributed by atoms with E-state index in [2.05, 4.69) is 5.32 Å². The summed E-state index contributed by atoms with van der Waals surface area (Å²) >= 11 is 5.34. The lowest BCUT2D eigenvalue weighted by Crippen LogP contribution is -2.42. The van der Waals surface area contributed by atoms with E-state index in [1.165, 1.54) is 0 Å². The number of halogens is 1. The number of hydrogen-bond acceptors (Lipinski definition) is 2. The molecule has 0 aromatic carbocycles. The molecule has 1 fully saturated rings. The fourth-order valence-electron chi connectivity index (χ4n) is 1.74. The molecular formula is C9H15ClN2O2. The highest BCUT2D eigenvalue weighted by atomic mass is 35.5. The summed E-state index contributed by atoms with van der Waals surface area (Å²) in [6, 6.07) is 0.152. The van der Waals surface area contributed by atoms with Gasteiger partial charge in [-0.2, -0.15) is 0 Å². The predicted molar refractivity (Wildman–Crippen MR) is 54.1 cm³/mol. The van der Waals surface area contributed by atoms with Crippen molar-refractivity contribution >= 4 is 23.4 Å². The zero-order chi connectivity index (χ0) is 10.6. The Hall–Kier alpha value is -0.770. The summed E-state index contributed by atoms with van der Waals surface area (Å²) < 4.78 is 0. The normalized spacial score (nSPS) is 21.0. The predicted octanol–water partition coefficient (Wildman–Crippen LogP) is 0.352. The first-order valence-corrected chi connectivity index (χ1v) is 5.28. The van der Waals surface area contributed by atoms with Crippen LogP contribution in [0.4, 0.5) is 0 Å². The molecular weight excluding hydrogens is 204 g/mol. The van der Waals surface area contributed by atoms with Crippen LogP contribution in [0.1, 0.15) is 19.8 Å². The number of amides is 2. The SMILES string of the molecule is CC(=O)N1CCCC1CNC(=O)CCl. The first kappa shape index (κ1) is 11.3. The van der Waals surface area contributed by atoms with Crippen LogP contribution in [0.5, 0.6) is 0 Å². The molecule has 1 unspecified atom stereocenters. The van der Waals surface area contributed by atoms with E-state index in [1.807, 2.05) is 0 Å². The summed E-state index contributed by atoms with van der Waals surface area (Å²) in [5.41, 5.74) is 0. The van der Waals surface area contributed by atoms with E-state index in [1.54, 1.807) is 11.8 Å². The topological polar surface area (TPSA) is 49.4 Å². The van der Waals surface area contributed by atoms with Gasteiger partial charge in [-0.1, -0.05) is 0 Å². The lowest BCUT2D eigenvalue weighted by Gasteiger charge is -2.23. The molecule has 2 amide bonds. The molecule has 5 heteroatoms. The third kappa shape index (κ3) is 2.87. The van der Waals surface area contributed by atoms with Crippen LogP contribution in [0.3, 0.4) is 0 Å². The van der Waals surface area contributed by atoms with Gasteiger partial charge in [0.15, 0.2) is 0 Å². The van der Waals surface area contributed by atoms with Gasteiger partial charge >= 0.3 is 0 Å². The number of hydrogen-bond donors (Lipinski definition) is 1. The fourth-order valence-corrected chi connectivity index (χ4v) is 1.84. The van der Waals surface area contributed by atoms with Gasteiger partial charge in [-0.25, -0.2) is 0 Å². The molecule has 0 radical (unpaired) electrons. The summed E-state index contributed by atoms with van der Waals surface area (Å²) in [4.78, 5) is 23.9. The Morgan fingerprint density at radius 2 is 2.29 bits per heavy atom. The van der Waals surface area contributed by atoms with Crippen LogP contribution in [-0.2, 0) is 9.59 Å². The van der Waals surface area contributed by atoms with Gasteiger partial charge in [0.05, 0.1) is 0 Å². The second-order valence-electron chi connectivity index (χ2n) is 3.45. The van der Waals surface area contributed by atoms with Crippen LogP contribution in [0.25, 0.3) is 0 Å². The van der Waals surface area contributed by atoms with E-state index in [0.717, 1.165) is 19.4 Å². The van der Waals surface area contributed by atoms with Crippen LogP contribution in [0, 0.1) is 0 Å². The third-order valence-electron chi connectivity index (χ3n) is 2.44. The Balaban J connectivity index is 2.36. The molecule has 1 aliphatic heterocycles. The first-order chi connectivity index (χ1) is 6.65. The third-order valence-corrected chi connectivity index (χ3v) is 2.68. The molecule has 0 aliphatic carbocycles.